The maximum absolute atomic E-state index is 12.4. The molecule has 0 aliphatic carbocycles. The third-order valence-electron chi connectivity index (χ3n) is 6.42. The van der Waals surface area contributed by atoms with Crippen LogP contribution in [0, 0.1) is 27.7 Å². The second-order valence-electron chi connectivity index (χ2n) is 9.30. The molecule has 4 aromatic rings. The van der Waals surface area contributed by atoms with E-state index in [-0.39, 0.29) is 24.9 Å². The highest BCUT2D eigenvalue weighted by atomic mass is 32.1. The van der Waals surface area contributed by atoms with Gasteiger partial charge in [0.05, 0.1) is 18.2 Å². The zero-order valence-electron chi connectivity index (χ0n) is 21.5. The molecule has 0 aliphatic heterocycles. The maximum Gasteiger partial charge on any atom is 0.305 e. The van der Waals surface area contributed by atoms with Crippen molar-refractivity contribution in [2.75, 3.05) is 11.9 Å². The number of anilines is 1. The quantitative estimate of drug-likeness (QED) is 0.239. The number of aliphatic carboxylic acids is 1. The van der Waals surface area contributed by atoms with Crippen LogP contribution in [0.2, 0.25) is 0 Å². The van der Waals surface area contributed by atoms with Crippen LogP contribution in [0.25, 0.3) is 11.3 Å². The van der Waals surface area contributed by atoms with Crippen molar-refractivity contribution < 1.29 is 14.7 Å². The lowest BCUT2D eigenvalue weighted by Crippen LogP contribution is -2.26. The molecule has 1 unspecified atom stereocenters. The summed E-state index contributed by atoms with van der Waals surface area (Å²) in [5, 5.41) is 17.9. The molecule has 1 atom stereocenters. The fourth-order valence-corrected chi connectivity index (χ4v) is 4.94. The minimum Gasteiger partial charge on any atom is -0.481 e. The van der Waals surface area contributed by atoms with Crippen LogP contribution >= 0.6 is 11.3 Å². The summed E-state index contributed by atoms with van der Waals surface area (Å²) >= 11 is 1.57. The number of hydrogen-bond donors (Lipinski definition) is 3. The van der Waals surface area contributed by atoms with Gasteiger partial charge in [0.15, 0.2) is 5.13 Å². The summed E-state index contributed by atoms with van der Waals surface area (Å²) in [7, 11) is 0. The molecule has 0 saturated carbocycles. The van der Waals surface area contributed by atoms with Crippen molar-refractivity contribution in [1.82, 2.24) is 10.3 Å². The molecule has 0 aliphatic rings. The molecule has 7 heteroatoms. The van der Waals surface area contributed by atoms with E-state index >= 15 is 0 Å². The average Bonchev–Trinajstić information content (AvgIpc) is 3.32. The Hall–Kier alpha value is -3.97. The van der Waals surface area contributed by atoms with Crippen molar-refractivity contribution in [3.05, 3.63) is 105 Å². The van der Waals surface area contributed by atoms with E-state index in [2.05, 4.69) is 80.1 Å². The summed E-state index contributed by atoms with van der Waals surface area (Å²) in [5.74, 6) is -1.23. The molecule has 37 heavy (non-hydrogen) atoms. The van der Waals surface area contributed by atoms with E-state index in [1.54, 1.807) is 23.5 Å². The smallest absolute Gasteiger partial charge is 0.305 e. The number of carbonyl (C=O) groups excluding carboxylic acids is 1. The number of hydrogen-bond acceptors (Lipinski definition) is 5. The lowest BCUT2D eigenvalue weighted by atomic mass is 9.95. The van der Waals surface area contributed by atoms with Crippen molar-refractivity contribution >= 4 is 28.3 Å². The first-order valence-electron chi connectivity index (χ1n) is 12.2. The van der Waals surface area contributed by atoms with Crippen LogP contribution < -0.4 is 10.6 Å². The molecule has 0 bridgehead atoms. The van der Waals surface area contributed by atoms with E-state index in [1.807, 2.05) is 12.1 Å². The standard InChI is InChI=1S/C30H31N3O3S/c1-18-5-12-25(21(4)15-18)26-17-37-30(32-26)33-28(24-7-6-19(2)20(3)16-24)22-8-10-23(11-9-22)29(36)31-14-13-27(34)35/h5-12,15-17,28H,13-14H2,1-4H3,(H,31,36)(H,32,33)(H,34,35). The van der Waals surface area contributed by atoms with E-state index < -0.39 is 5.97 Å². The third kappa shape index (κ3) is 6.43. The van der Waals surface area contributed by atoms with Gasteiger partial charge in [-0.15, -0.1) is 11.3 Å². The fraction of sp³-hybridized carbons (Fsp3) is 0.233. The zero-order valence-corrected chi connectivity index (χ0v) is 22.3. The van der Waals surface area contributed by atoms with Crippen molar-refractivity contribution in [1.29, 1.82) is 0 Å². The Kier molecular flexibility index (Phi) is 8.04. The van der Waals surface area contributed by atoms with Crippen LogP contribution in [-0.2, 0) is 4.79 Å². The van der Waals surface area contributed by atoms with Crippen LogP contribution in [0.4, 0.5) is 5.13 Å². The van der Waals surface area contributed by atoms with Gasteiger partial charge in [0.25, 0.3) is 5.91 Å². The number of carboxylic acids is 1. The van der Waals surface area contributed by atoms with Gasteiger partial charge in [-0.3, -0.25) is 9.59 Å². The molecular formula is C30H31N3O3S. The first kappa shape index (κ1) is 26.1. The maximum atomic E-state index is 12.4. The van der Waals surface area contributed by atoms with Crippen LogP contribution in [-0.4, -0.2) is 28.5 Å². The van der Waals surface area contributed by atoms with Crippen LogP contribution in [0.3, 0.4) is 0 Å². The molecule has 1 amide bonds. The third-order valence-corrected chi connectivity index (χ3v) is 7.20. The molecule has 3 N–H and O–H groups in total. The van der Waals surface area contributed by atoms with Gasteiger partial charge >= 0.3 is 5.97 Å². The summed E-state index contributed by atoms with van der Waals surface area (Å²) in [5.41, 5.74) is 9.49. The fourth-order valence-electron chi connectivity index (χ4n) is 4.20. The second-order valence-corrected chi connectivity index (χ2v) is 10.2. The van der Waals surface area contributed by atoms with E-state index in [1.165, 1.54) is 22.3 Å². The number of rotatable bonds is 9. The number of benzene rings is 3. The zero-order chi connectivity index (χ0) is 26.5. The summed E-state index contributed by atoms with van der Waals surface area (Å²) < 4.78 is 0. The Morgan fingerprint density at radius 1 is 0.892 bits per heavy atom. The highest BCUT2D eigenvalue weighted by Gasteiger charge is 2.18. The second kappa shape index (κ2) is 11.4. The first-order chi connectivity index (χ1) is 17.7. The van der Waals surface area contributed by atoms with Gasteiger partial charge in [0.2, 0.25) is 0 Å². The highest BCUT2D eigenvalue weighted by molar-refractivity contribution is 7.14. The molecule has 1 heterocycles. The molecule has 6 nitrogen and oxygen atoms in total. The lowest BCUT2D eigenvalue weighted by Gasteiger charge is -2.21. The monoisotopic (exact) mass is 513 g/mol. The molecule has 4 rings (SSSR count). The number of nitrogens with zero attached hydrogens (tertiary/aromatic N) is 1. The molecule has 190 valence electrons. The van der Waals surface area contributed by atoms with E-state index in [0.717, 1.165) is 27.5 Å². The number of thiazole rings is 1. The van der Waals surface area contributed by atoms with E-state index in [4.69, 9.17) is 10.1 Å². The van der Waals surface area contributed by atoms with Crippen molar-refractivity contribution in [2.45, 2.75) is 40.2 Å². The SMILES string of the molecule is Cc1ccc(-c2csc(NC(c3ccc(C(=O)NCCC(=O)O)cc3)c3ccc(C)c(C)c3)n2)c(C)c1. The van der Waals surface area contributed by atoms with Crippen LogP contribution in [0.1, 0.15) is 56.2 Å². The lowest BCUT2D eigenvalue weighted by molar-refractivity contribution is -0.136. The van der Waals surface area contributed by atoms with Gasteiger partial charge < -0.3 is 15.7 Å². The van der Waals surface area contributed by atoms with Gasteiger partial charge in [-0.05, 0) is 67.6 Å². The van der Waals surface area contributed by atoms with Gasteiger partial charge in [-0.2, -0.15) is 0 Å². The van der Waals surface area contributed by atoms with Crippen molar-refractivity contribution in [3.63, 3.8) is 0 Å². The molecule has 0 fully saturated rings. The summed E-state index contributed by atoms with van der Waals surface area (Å²) in [4.78, 5) is 28.0. The molecule has 0 saturated heterocycles. The Morgan fingerprint density at radius 3 is 2.30 bits per heavy atom. The highest BCUT2D eigenvalue weighted by Crippen LogP contribution is 2.33. The molecule has 0 spiro atoms. The molecule has 1 aromatic heterocycles. The number of aromatic nitrogens is 1. The molecule has 0 radical (unpaired) electrons. The summed E-state index contributed by atoms with van der Waals surface area (Å²) in [6.45, 7) is 8.48. The normalized spacial score (nSPS) is 11.7. The van der Waals surface area contributed by atoms with Gasteiger partial charge in [-0.25, -0.2) is 4.98 Å². The Bertz CT molecular complexity index is 1430. The van der Waals surface area contributed by atoms with Gasteiger partial charge in [-0.1, -0.05) is 54.1 Å². The molecular weight excluding hydrogens is 482 g/mol. The Morgan fingerprint density at radius 2 is 1.62 bits per heavy atom. The Balaban J connectivity index is 1.61. The number of aryl methyl sites for hydroxylation is 4. The Labute approximate surface area is 221 Å². The summed E-state index contributed by atoms with van der Waals surface area (Å²) in [6, 6.07) is 20.0. The topological polar surface area (TPSA) is 91.3 Å². The largest absolute Gasteiger partial charge is 0.481 e. The predicted molar refractivity (Wildman–Crippen MR) is 149 cm³/mol. The van der Waals surface area contributed by atoms with Crippen molar-refractivity contribution in [3.8, 4) is 11.3 Å². The van der Waals surface area contributed by atoms with Gasteiger partial charge in [0.1, 0.15) is 0 Å². The van der Waals surface area contributed by atoms with Crippen molar-refractivity contribution in [2.24, 2.45) is 0 Å². The number of nitrogens with one attached hydrogen (secondary N) is 2. The van der Waals surface area contributed by atoms with Crippen LogP contribution in [0.15, 0.2) is 66.0 Å². The van der Waals surface area contributed by atoms with E-state index in [0.29, 0.717) is 5.56 Å². The number of amides is 1. The summed E-state index contributed by atoms with van der Waals surface area (Å²) in [6.07, 6.45) is -0.111. The number of carboxylic acid groups (broad SMARTS) is 1. The minimum absolute atomic E-state index is 0.0928. The van der Waals surface area contributed by atoms with Crippen LogP contribution in [0.5, 0.6) is 0 Å². The first-order valence-corrected chi connectivity index (χ1v) is 13.1. The molecule has 3 aromatic carbocycles. The average molecular weight is 514 g/mol. The predicted octanol–water partition coefficient (Wildman–Crippen LogP) is 6.45. The number of carbonyl (C=O) groups is 2. The minimum atomic E-state index is -0.944. The van der Waals surface area contributed by atoms with Gasteiger partial charge in [0, 0.05) is 23.1 Å². The van der Waals surface area contributed by atoms with E-state index in [9.17, 15) is 9.59 Å².